The van der Waals surface area contributed by atoms with E-state index in [9.17, 15) is 8.42 Å². The zero-order valence-electron chi connectivity index (χ0n) is 11.4. The minimum Gasteiger partial charge on any atom is -0.381 e. The molecule has 7 heteroatoms. The first-order valence-corrected chi connectivity index (χ1v) is 8.73. The summed E-state index contributed by atoms with van der Waals surface area (Å²) in [6, 6.07) is 0. The number of ether oxygens (including phenoxy) is 1. The van der Waals surface area contributed by atoms with E-state index >= 15 is 0 Å². The third kappa shape index (κ3) is 4.85. The average molecular weight is 306 g/mol. The number of nitrogens with two attached hydrogens (primary N) is 1. The zero-order valence-corrected chi connectivity index (χ0v) is 13.1. The molecule has 3 N–H and O–H groups in total. The van der Waals surface area contributed by atoms with E-state index in [1.165, 1.54) is 11.3 Å². The van der Waals surface area contributed by atoms with Crippen LogP contribution >= 0.6 is 11.3 Å². The molecule has 0 saturated carbocycles. The second-order valence-electron chi connectivity index (χ2n) is 4.24. The number of nitrogens with one attached hydrogen (secondary N) is 1. The summed E-state index contributed by atoms with van der Waals surface area (Å²) in [5.41, 5.74) is 6.32. The summed E-state index contributed by atoms with van der Waals surface area (Å²) in [7, 11) is -3.46. The Morgan fingerprint density at radius 2 is 2.16 bits per heavy atom. The molecule has 0 spiro atoms. The van der Waals surface area contributed by atoms with E-state index < -0.39 is 10.0 Å². The highest BCUT2D eigenvalue weighted by molar-refractivity contribution is 7.89. The molecule has 19 heavy (non-hydrogen) atoms. The maximum Gasteiger partial charge on any atom is 0.241 e. The van der Waals surface area contributed by atoms with Crippen LogP contribution in [-0.2, 0) is 21.3 Å². The van der Waals surface area contributed by atoms with Gasteiger partial charge in [0.25, 0.3) is 0 Å². The largest absolute Gasteiger partial charge is 0.381 e. The number of hydrogen-bond acceptors (Lipinski definition) is 5. The predicted molar refractivity (Wildman–Crippen MR) is 77.9 cm³/mol. The Labute approximate surface area is 119 Å². The van der Waals surface area contributed by atoms with Crippen LogP contribution in [0.3, 0.4) is 0 Å². The van der Waals surface area contributed by atoms with Crippen LogP contribution in [0.2, 0.25) is 0 Å². The Bertz CT molecular complexity index is 483. The average Bonchev–Trinajstić information content (AvgIpc) is 2.75. The fourth-order valence-electron chi connectivity index (χ4n) is 1.69. The first-order valence-electron chi connectivity index (χ1n) is 6.37. The molecule has 1 rings (SSSR count). The van der Waals surface area contributed by atoms with Crippen molar-refractivity contribution in [1.82, 2.24) is 4.72 Å². The van der Waals surface area contributed by atoms with Crippen molar-refractivity contribution in [3.63, 3.8) is 0 Å². The lowest BCUT2D eigenvalue weighted by atomic mass is 10.3. The molecule has 0 aliphatic heterocycles. The molecule has 0 aliphatic carbocycles. The summed E-state index contributed by atoms with van der Waals surface area (Å²) in [4.78, 5) is 1.04. The Morgan fingerprint density at radius 3 is 2.79 bits per heavy atom. The van der Waals surface area contributed by atoms with Crippen LogP contribution < -0.4 is 10.5 Å². The fraction of sp³-hybridized carbons (Fsp3) is 0.667. The van der Waals surface area contributed by atoms with Gasteiger partial charge in [0.05, 0.1) is 0 Å². The first kappa shape index (κ1) is 16.6. The summed E-state index contributed by atoms with van der Waals surface area (Å²) >= 11 is 1.38. The van der Waals surface area contributed by atoms with E-state index in [0.717, 1.165) is 12.0 Å². The summed E-state index contributed by atoms with van der Waals surface area (Å²) in [6.07, 6.45) is 1.64. The number of aryl methyl sites for hydroxylation is 1. The van der Waals surface area contributed by atoms with Crippen LogP contribution in [0.4, 0.5) is 0 Å². The molecule has 0 radical (unpaired) electrons. The molecular formula is C12H22N2O3S2. The summed E-state index contributed by atoms with van der Waals surface area (Å²) in [6.45, 7) is 5.74. The highest BCUT2D eigenvalue weighted by Crippen LogP contribution is 2.26. The second kappa shape index (κ2) is 7.96. The smallest absolute Gasteiger partial charge is 0.241 e. The SMILES string of the molecule is CCCOCCCNS(=O)(=O)c1c(C)csc1CN. The molecule has 0 atom stereocenters. The Hall–Kier alpha value is -0.470. The Balaban J connectivity index is 2.54. The zero-order chi connectivity index (χ0) is 14.3. The van der Waals surface area contributed by atoms with Gasteiger partial charge in [0.1, 0.15) is 4.90 Å². The predicted octanol–water partition coefficient (Wildman–Crippen LogP) is 1.61. The van der Waals surface area contributed by atoms with Gasteiger partial charge >= 0.3 is 0 Å². The standard InChI is InChI=1S/C12H22N2O3S2/c1-3-6-17-7-4-5-14-19(15,16)12-10(2)9-18-11(12)8-13/h9,14H,3-8,13H2,1-2H3. The highest BCUT2D eigenvalue weighted by Gasteiger charge is 2.21. The van der Waals surface area contributed by atoms with Gasteiger partial charge in [-0.2, -0.15) is 0 Å². The number of hydrogen-bond donors (Lipinski definition) is 2. The van der Waals surface area contributed by atoms with Gasteiger partial charge < -0.3 is 10.5 Å². The monoisotopic (exact) mass is 306 g/mol. The maximum absolute atomic E-state index is 12.2. The molecule has 5 nitrogen and oxygen atoms in total. The van der Waals surface area contributed by atoms with Crippen LogP contribution in [0, 0.1) is 6.92 Å². The van der Waals surface area contributed by atoms with E-state index in [1.807, 2.05) is 12.3 Å². The normalized spacial score (nSPS) is 11.9. The molecule has 0 unspecified atom stereocenters. The third-order valence-corrected chi connectivity index (χ3v) is 5.50. The van der Waals surface area contributed by atoms with Crippen LogP contribution in [0.5, 0.6) is 0 Å². The summed E-state index contributed by atoms with van der Waals surface area (Å²) in [5, 5.41) is 1.82. The van der Waals surface area contributed by atoms with Gasteiger partial charge in [-0.05, 0) is 30.7 Å². The van der Waals surface area contributed by atoms with Crippen molar-refractivity contribution in [3.8, 4) is 0 Å². The minimum atomic E-state index is -3.46. The molecule has 1 aromatic heterocycles. The molecule has 0 aromatic carbocycles. The molecule has 1 heterocycles. The quantitative estimate of drug-likeness (QED) is 0.679. The molecular weight excluding hydrogens is 284 g/mol. The molecule has 0 aliphatic rings. The van der Waals surface area contributed by atoms with Crippen molar-refractivity contribution in [1.29, 1.82) is 0 Å². The van der Waals surface area contributed by atoms with Crippen LogP contribution in [0.1, 0.15) is 30.2 Å². The van der Waals surface area contributed by atoms with E-state index in [4.69, 9.17) is 10.5 Å². The van der Waals surface area contributed by atoms with Gasteiger partial charge in [-0.3, -0.25) is 0 Å². The van der Waals surface area contributed by atoms with Gasteiger partial charge in [-0.1, -0.05) is 6.92 Å². The van der Waals surface area contributed by atoms with Gasteiger partial charge in [0, 0.05) is 31.2 Å². The first-order chi connectivity index (χ1) is 9.03. The Kier molecular flexibility index (Phi) is 6.95. The molecule has 1 aromatic rings. The van der Waals surface area contributed by atoms with Crippen molar-refractivity contribution in [3.05, 3.63) is 15.8 Å². The van der Waals surface area contributed by atoms with Gasteiger partial charge in [-0.15, -0.1) is 11.3 Å². The highest BCUT2D eigenvalue weighted by atomic mass is 32.2. The van der Waals surface area contributed by atoms with Crippen molar-refractivity contribution < 1.29 is 13.2 Å². The topological polar surface area (TPSA) is 81.4 Å². The second-order valence-corrected chi connectivity index (χ2v) is 6.91. The summed E-state index contributed by atoms with van der Waals surface area (Å²) < 4.78 is 32.3. The van der Waals surface area contributed by atoms with Crippen molar-refractivity contribution >= 4 is 21.4 Å². The maximum atomic E-state index is 12.2. The summed E-state index contributed by atoms with van der Waals surface area (Å²) in [5.74, 6) is 0. The minimum absolute atomic E-state index is 0.244. The lowest BCUT2D eigenvalue weighted by molar-refractivity contribution is 0.133. The third-order valence-electron chi connectivity index (χ3n) is 2.55. The van der Waals surface area contributed by atoms with E-state index in [2.05, 4.69) is 4.72 Å². The molecule has 0 bridgehead atoms. The van der Waals surface area contributed by atoms with Gasteiger partial charge in [0.2, 0.25) is 10.0 Å². The lowest BCUT2D eigenvalue weighted by Crippen LogP contribution is -2.27. The Morgan fingerprint density at radius 1 is 1.42 bits per heavy atom. The molecule has 0 fully saturated rings. The number of thiophene rings is 1. The molecule has 110 valence electrons. The van der Waals surface area contributed by atoms with Crippen molar-refractivity contribution in [2.75, 3.05) is 19.8 Å². The molecule has 0 amide bonds. The van der Waals surface area contributed by atoms with E-state index in [-0.39, 0.29) is 6.54 Å². The van der Waals surface area contributed by atoms with Crippen molar-refractivity contribution in [2.24, 2.45) is 5.73 Å². The van der Waals surface area contributed by atoms with Gasteiger partial charge in [-0.25, -0.2) is 13.1 Å². The van der Waals surface area contributed by atoms with Crippen LogP contribution in [-0.4, -0.2) is 28.2 Å². The van der Waals surface area contributed by atoms with Gasteiger partial charge in [0.15, 0.2) is 0 Å². The number of rotatable bonds is 9. The van der Waals surface area contributed by atoms with E-state index in [0.29, 0.717) is 36.0 Å². The lowest BCUT2D eigenvalue weighted by Gasteiger charge is -2.08. The van der Waals surface area contributed by atoms with E-state index in [1.54, 1.807) is 6.92 Å². The van der Waals surface area contributed by atoms with Crippen LogP contribution in [0.15, 0.2) is 10.3 Å². The number of sulfonamides is 1. The fourth-order valence-corrected chi connectivity index (χ4v) is 4.46. The van der Waals surface area contributed by atoms with Crippen molar-refractivity contribution in [2.45, 2.75) is 38.1 Å². The van der Waals surface area contributed by atoms with Crippen LogP contribution in [0.25, 0.3) is 0 Å². The molecule has 0 saturated heterocycles.